The van der Waals surface area contributed by atoms with Crippen molar-refractivity contribution in [1.29, 1.82) is 0 Å². The van der Waals surface area contributed by atoms with E-state index in [9.17, 15) is 0 Å². The summed E-state index contributed by atoms with van der Waals surface area (Å²) >= 11 is 0. The lowest BCUT2D eigenvalue weighted by molar-refractivity contribution is 0.543. The second-order valence-corrected chi connectivity index (χ2v) is 3.55. The van der Waals surface area contributed by atoms with Gasteiger partial charge in [-0.25, -0.2) is 0 Å². The first kappa shape index (κ1) is 11.5. The summed E-state index contributed by atoms with van der Waals surface area (Å²) in [6.45, 7) is 8.82. The van der Waals surface area contributed by atoms with Gasteiger partial charge in [0.15, 0.2) is 0 Å². The van der Waals surface area contributed by atoms with Gasteiger partial charge in [-0.05, 0) is 31.6 Å². The lowest BCUT2D eigenvalue weighted by Gasteiger charge is -2.09. The highest BCUT2D eigenvalue weighted by Gasteiger charge is 2.01. The first-order valence-corrected chi connectivity index (χ1v) is 5.00. The maximum absolute atomic E-state index is 2.32. The Morgan fingerprint density at radius 2 is 1.67 bits per heavy atom. The van der Waals surface area contributed by atoms with Crippen molar-refractivity contribution in [3.63, 3.8) is 0 Å². The zero-order valence-electron chi connectivity index (χ0n) is 8.88. The second-order valence-electron chi connectivity index (χ2n) is 3.55. The third-order valence-corrected chi connectivity index (χ3v) is 1.96. The van der Waals surface area contributed by atoms with Crippen molar-refractivity contribution in [2.75, 3.05) is 0 Å². The van der Waals surface area contributed by atoms with Crippen molar-refractivity contribution in [2.24, 2.45) is 11.8 Å². The van der Waals surface area contributed by atoms with Gasteiger partial charge in [-0.3, -0.25) is 0 Å². The van der Waals surface area contributed by atoms with E-state index in [1.165, 1.54) is 6.42 Å². The van der Waals surface area contributed by atoms with E-state index in [0.29, 0.717) is 5.92 Å². The number of allylic oxidation sites excluding steroid dienone is 4. The Labute approximate surface area is 77.4 Å². The fraction of sp³-hybridized carbons (Fsp3) is 0.667. The minimum atomic E-state index is 0.714. The van der Waals surface area contributed by atoms with Crippen molar-refractivity contribution < 1.29 is 0 Å². The van der Waals surface area contributed by atoms with E-state index in [1.807, 2.05) is 0 Å². The molecule has 0 aromatic carbocycles. The van der Waals surface area contributed by atoms with Crippen LogP contribution in [0.3, 0.4) is 0 Å². The fourth-order valence-corrected chi connectivity index (χ4v) is 1.44. The highest BCUT2D eigenvalue weighted by molar-refractivity contribution is 4.90. The minimum Gasteiger partial charge on any atom is -0.0914 e. The molecule has 0 N–H and O–H groups in total. The molecule has 0 aromatic heterocycles. The van der Waals surface area contributed by atoms with Gasteiger partial charge in [0.1, 0.15) is 0 Å². The Balaban J connectivity index is 3.67. The molecule has 0 bridgehead atoms. The van der Waals surface area contributed by atoms with Gasteiger partial charge in [-0.15, -0.1) is 0 Å². The Bertz CT molecular complexity index is 142. The van der Waals surface area contributed by atoms with Crippen LogP contribution in [0.2, 0.25) is 0 Å². The summed E-state index contributed by atoms with van der Waals surface area (Å²) < 4.78 is 0. The monoisotopic (exact) mass is 166 g/mol. The molecule has 0 saturated carbocycles. The van der Waals surface area contributed by atoms with Gasteiger partial charge in [0, 0.05) is 0 Å². The van der Waals surface area contributed by atoms with Crippen molar-refractivity contribution in [3.8, 4) is 0 Å². The normalized spacial score (nSPS) is 17.3. The fourth-order valence-electron chi connectivity index (χ4n) is 1.44. The molecule has 0 heteroatoms. The average molecular weight is 166 g/mol. The largest absolute Gasteiger partial charge is 0.0914 e. The minimum absolute atomic E-state index is 0.714. The van der Waals surface area contributed by atoms with E-state index >= 15 is 0 Å². The molecular formula is C12H22. The van der Waals surface area contributed by atoms with Crippen molar-refractivity contribution in [3.05, 3.63) is 24.3 Å². The maximum Gasteiger partial charge on any atom is -0.0256 e. The van der Waals surface area contributed by atoms with E-state index < -0.39 is 0 Å². The zero-order chi connectivity index (χ0) is 9.40. The SMILES string of the molecule is C/C=C/C(C)CC(C)/C=C/CC. The van der Waals surface area contributed by atoms with E-state index in [0.717, 1.165) is 12.3 Å². The van der Waals surface area contributed by atoms with E-state index in [4.69, 9.17) is 0 Å². The van der Waals surface area contributed by atoms with Crippen molar-refractivity contribution in [1.82, 2.24) is 0 Å². The quantitative estimate of drug-likeness (QED) is 0.537. The van der Waals surface area contributed by atoms with Crippen molar-refractivity contribution in [2.45, 2.75) is 40.5 Å². The Morgan fingerprint density at radius 1 is 1.08 bits per heavy atom. The van der Waals surface area contributed by atoms with Gasteiger partial charge < -0.3 is 0 Å². The molecule has 0 aliphatic heterocycles. The molecule has 70 valence electrons. The summed E-state index contributed by atoms with van der Waals surface area (Å²) in [4.78, 5) is 0. The van der Waals surface area contributed by atoms with Crippen LogP contribution in [-0.2, 0) is 0 Å². The maximum atomic E-state index is 2.32. The Hall–Kier alpha value is -0.520. The molecule has 12 heavy (non-hydrogen) atoms. The van der Waals surface area contributed by atoms with Crippen LogP contribution in [0.25, 0.3) is 0 Å². The molecule has 0 amide bonds. The van der Waals surface area contributed by atoms with Gasteiger partial charge in [0.05, 0.1) is 0 Å². The van der Waals surface area contributed by atoms with Crippen LogP contribution in [-0.4, -0.2) is 0 Å². The first-order valence-electron chi connectivity index (χ1n) is 5.00. The van der Waals surface area contributed by atoms with Crippen LogP contribution in [0.5, 0.6) is 0 Å². The van der Waals surface area contributed by atoms with Gasteiger partial charge in [-0.1, -0.05) is 45.1 Å². The van der Waals surface area contributed by atoms with E-state index in [1.54, 1.807) is 0 Å². The summed E-state index contributed by atoms with van der Waals surface area (Å²) in [6, 6.07) is 0. The second kappa shape index (κ2) is 7.15. The van der Waals surface area contributed by atoms with E-state index in [2.05, 4.69) is 52.0 Å². The highest BCUT2D eigenvalue weighted by Crippen LogP contribution is 2.14. The van der Waals surface area contributed by atoms with Crippen LogP contribution >= 0.6 is 0 Å². The molecule has 0 rings (SSSR count). The molecule has 0 saturated heterocycles. The molecule has 0 nitrogen and oxygen atoms in total. The van der Waals surface area contributed by atoms with Crippen LogP contribution in [0.1, 0.15) is 40.5 Å². The van der Waals surface area contributed by atoms with Crippen LogP contribution in [0.15, 0.2) is 24.3 Å². The molecule has 2 atom stereocenters. The molecule has 0 spiro atoms. The molecule has 2 unspecified atom stereocenters. The van der Waals surface area contributed by atoms with Gasteiger partial charge in [0.2, 0.25) is 0 Å². The summed E-state index contributed by atoms with van der Waals surface area (Å²) in [5.41, 5.74) is 0. The van der Waals surface area contributed by atoms with Gasteiger partial charge in [0.25, 0.3) is 0 Å². The number of rotatable bonds is 5. The first-order chi connectivity index (χ1) is 5.70. The van der Waals surface area contributed by atoms with Crippen molar-refractivity contribution >= 4 is 0 Å². The topological polar surface area (TPSA) is 0 Å². The smallest absolute Gasteiger partial charge is 0.0256 e. The molecule has 0 aliphatic rings. The molecule has 0 radical (unpaired) electrons. The summed E-state index contributed by atoms with van der Waals surface area (Å²) in [5.74, 6) is 1.43. The van der Waals surface area contributed by atoms with Gasteiger partial charge >= 0.3 is 0 Å². The standard InChI is InChI=1S/C12H22/c1-5-7-9-12(4)10-11(3)8-6-2/h6-9,11-12H,5,10H2,1-4H3/b8-6+,9-7+. The Morgan fingerprint density at radius 3 is 2.17 bits per heavy atom. The summed E-state index contributed by atoms with van der Waals surface area (Å²) in [6.07, 6.45) is 11.4. The van der Waals surface area contributed by atoms with Crippen LogP contribution < -0.4 is 0 Å². The third-order valence-electron chi connectivity index (χ3n) is 1.96. The Kier molecular flexibility index (Phi) is 6.84. The van der Waals surface area contributed by atoms with Gasteiger partial charge in [-0.2, -0.15) is 0 Å². The molecule has 0 aromatic rings. The van der Waals surface area contributed by atoms with Crippen LogP contribution in [0, 0.1) is 11.8 Å². The predicted molar refractivity (Wildman–Crippen MR) is 57.2 cm³/mol. The summed E-state index contributed by atoms with van der Waals surface area (Å²) in [7, 11) is 0. The lowest BCUT2D eigenvalue weighted by Crippen LogP contribution is -1.97. The summed E-state index contributed by atoms with van der Waals surface area (Å²) in [5, 5.41) is 0. The average Bonchev–Trinajstić information content (AvgIpc) is 2.01. The van der Waals surface area contributed by atoms with Crippen LogP contribution in [0.4, 0.5) is 0 Å². The van der Waals surface area contributed by atoms with E-state index in [-0.39, 0.29) is 0 Å². The molecule has 0 heterocycles. The molecule has 0 aliphatic carbocycles. The zero-order valence-corrected chi connectivity index (χ0v) is 8.88. The third kappa shape index (κ3) is 6.21. The molecular weight excluding hydrogens is 144 g/mol. The predicted octanol–water partition coefficient (Wildman–Crippen LogP) is 4.19. The number of hydrogen-bond donors (Lipinski definition) is 0. The lowest BCUT2D eigenvalue weighted by atomic mass is 9.96. The highest BCUT2D eigenvalue weighted by atomic mass is 14.1. The molecule has 0 fully saturated rings. The number of hydrogen-bond acceptors (Lipinski definition) is 0.